The van der Waals surface area contributed by atoms with E-state index in [1.54, 1.807) is 31.1 Å². The average molecular weight is 513 g/mol. The van der Waals surface area contributed by atoms with E-state index in [0.29, 0.717) is 30.1 Å². The lowest BCUT2D eigenvalue weighted by Gasteiger charge is -2.39. The molecule has 36 heavy (non-hydrogen) atoms. The molecule has 0 saturated carbocycles. The van der Waals surface area contributed by atoms with Gasteiger partial charge in [-0.15, -0.1) is 11.8 Å². The van der Waals surface area contributed by atoms with Crippen LogP contribution in [0.15, 0.2) is 54.1 Å². The number of ether oxygens (including phenoxy) is 1. The van der Waals surface area contributed by atoms with Gasteiger partial charge >= 0.3 is 5.97 Å². The monoisotopic (exact) mass is 512 g/mol. The fraction of sp³-hybridized carbons (Fsp3) is 0.481. The van der Waals surface area contributed by atoms with E-state index in [1.807, 2.05) is 30.6 Å². The van der Waals surface area contributed by atoms with Crippen LogP contribution in [0.25, 0.3) is 10.9 Å². The lowest BCUT2D eigenvalue weighted by Crippen LogP contribution is -2.41. The van der Waals surface area contributed by atoms with Gasteiger partial charge in [-0.3, -0.25) is 9.78 Å². The highest BCUT2D eigenvalue weighted by Crippen LogP contribution is 2.36. The van der Waals surface area contributed by atoms with Gasteiger partial charge in [0.25, 0.3) is 0 Å². The summed E-state index contributed by atoms with van der Waals surface area (Å²) in [5.74, 6) is 1.40. The number of likely N-dealkylation sites (tertiary alicyclic amines) is 1. The second-order valence-electron chi connectivity index (χ2n) is 9.29. The van der Waals surface area contributed by atoms with Gasteiger partial charge in [-0.25, -0.2) is 14.4 Å². The number of benzene rings is 1. The molecule has 0 unspecified atom stereocenters. The molecule has 3 aromatic rings. The fourth-order valence-electron chi connectivity index (χ4n) is 5.09. The second-order valence-corrected chi connectivity index (χ2v) is 10.5. The molecule has 4 rings (SSSR count). The van der Waals surface area contributed by atoms with Gasteiger partial charge in [-0.1, -0.05) is 0 Å². The smallest absolute Gasteiger partial charge is 0.303 e. The third-order valence-electron chi connectivity index (χ3n) is 7.03. The maximum Gasteiger partial charge on any atom is 0.303 e. The number of thioether (sulfide) groups is 1. The number of piperidine rings is 1. The number of carbonyl (C=O) groups is 1. The minimum Gasteiger partial charge on any atom is -0.497 e. The summed E-state index contributed by atoms with van der Waals surface area (Å²) in [6, 6.07) is 7.29. The van der Waals surface area contributed by atoms with Crippen LogP contribution in [0.1, 0.15) is 43.8 Å². The molecule has 0 spiro atoms. The lowest BCUT2D eigenvalue weighted by molar-refractivity contribution is -0.137. The zero-order chi connectivity index (χ0) is 25.3. The quantitative estimate of drug-likeness (QED) is 0.322. The number of rotatable bonds is 12. The highest BCUT2D eigenvalue weighted by molar-refractivity contribution is 7.99. The minimum absolute atomic E-state index is 0.152. The van der Waals surface area contributed by atoms with Crippen molar-refractivity contribution < 1.29 is 19.0 Å². The number of nitrogens with zero attached hydrogens (tertiary/aromatic N) is 4. The number of carboxylic acid groups (broad SMARTS) is 1. The van der Waals surface area contributed by atoms with Crippen molar-refractivity contribution in [2.24, 2.45) is 11.8 Å². The van der Waals surface area contributed by atoms with Crippen LogP contribution in [0, 0.1) is 11.8 Å². The number of carboxylic acids is 1. The van der Waals surface area contributed by atoms with Gasteiger partial charge in [-0.05, 0) is 73.9 Å². The van der Waals surface area contributed by atoms with E-state index in [4.69, 9.17) is 4.74 Å². The molecule has 1 aliphatic heterocycles. The van der Waals surface area contributed by atoms with E-state index >= 15 is 4.39 Å². The fourth-order valence-corrected chi connectivity index (χ4v) is 5.95. The zero-order valence-electron chi connectivity index (χ0n) is 20.6. The Hall–Kier alpha value is -2.78. The number of pyridine rings is 1. The third-order valence-corrected chi connectivity index (χ3v) is 7.96. The summed E-state index contributed by atoms with van der Waals surface area (Å²) in [7, 11) is 1.60. The summed E-state index contributed by atoms with van der Waals surface area (Å²) < 4.78 is 20.8. The van der Waals surface area contributed by atoms with Crippen LogP contribution < -0.4 is 4.74 Å². The summed E-state index contributed by atoms with van der Waals surface area (Å²) >= 11 is 1.73. The van der Waals surface area contributed by atoms with E-state index in [2.05, 4.69) is 19.9 Å². The Morgan fingerprint density at radius 2 is 2.08 bits per heavy atom. The number of halogens is 1. The molecule has 3 atom stereocenters. The molecular formula is C27H33FN4O3S. The van der Waals surface area contributed by atoms with Crippen LogP contribution in [0.3, 0.4) is 0 Å². The van der Waals surface area contributed by atoms with Crippen molar-refractivity contribution in [3.63, 3.8) is 0 Å². The molecule has 1 fully saturated rings. The van der Waals surface area contributed by atoms with Crippen LogP contribution in [0.5, 0.6) is 5.75 Å². The van der Waals surface area contributed by atoms with Crippen LogP contribution in [0.4, 0.5) is 4.39 Å². The van der Waals surface area contributed by atoms with Gasteiger partial charge in [0.05, 0.1) is 12.6 Å². The van der Waals surface area contributed by atoms with Crippen LogP contribution in [-0.2, 0) is 4.79 Å². The van der Waals surface area contributed by atoms with Crippen molar-refractivity contribution in [2.45, 2.75) is 43.2 Å². The SMILES string of the molecule is COc1ccc2nccc([C@H](F)CC[C@@H]3CCN(CCSc4cncnc4)C[C@H]3CCC(=O)O)c2c1. The zero-order valence-corrected chi connectivity index (χ0v) is 21.4. The Balaban J connectivity index is 1.35. The van der Waals surface area contributed by atoms with Gasteiger partial charge < -0.3 is 14.7 Å². The second kappa shape index (κ2) is 13.0. The molecule has 2 aromatic heterocycles. The largest absolute Gasteiger partial charge is 0.497 e. The summed E-state index contributed by atoms with van der Waals surface area (Å²) in [6.07, 6.45) is 8.59. The van der Waals surface area contributed by atoms with E-state index < -0.39 is 12.1 Å². The summed E-state index contributed by atoms with van der Waals surface area (Å²) in [5.41, 5.74) is 1.39. The molecule has 9 heteroatoms. The maximum atomic E-state index is 15.5. The third kappa shape index (κ3) is 7.13. The van der Waals surface area contributed by atoms with Crippen molar-refractivity contribution in [3.05, 3.63) is 54.7 Å². The van der Waals surface area contributed by atoms with Gasteiger partial charge in [0.2, 0.25) is 0 Å². The highest BCUT2D eigenvalue weighted by atomic mass is 32.2. The highest BCUT2D eigenvalue weighted by Gasteiger charge is 2.30. The van der Waals surface area contributed by atoms with Crippen molar-refractivity contribution >= 4 is 28.6 Å². The summed E-state index contributed by atoms with van der Waals surface area (Å²) in [4.78, 5) is 27.2. The van der Waals surface area contributed by atoms with Crippen LogP contribution in [-0.4, -0.2) is 63.4 Å². The molecule has 1 saturated heterocycles. The Bertz CT molecular complexity index is 1140. The van der Waals surface area contributed by atoms with Crippen LogP contribution in [0.2, 0.25) is 0 Å². The topological polar surface area (TPSA) is 88.4 Å². The predicted molar refractivity (Wildman–Crippen MR) is 139 cm³/mol. The first kappa shape index (κ1) is 26.3. The molecule has 1 aromatic carbocycles. The maximum absolute atomic E-state index is 15.5. The van der Waals surface area contributed by atoms with Gasteiger partial charge in [0.15, 0.2) is 0 Å². The Morgan fingerprint density at radius 3 is 2.86 bits per heavy atom. The van der Waals surface area contributed by atoms with Crippen molar-refractivity contribution in [3.8, 4) is 5.75 Å². The Labute approximate surface area is 215 Å². The molecule has 1 aliphatic rings. The van der Waals surface area contributed by atoms with E-state index in [0.717, 1.165) is 54.0 Å². The first-order chi connectivity index (χ1) is 17.5. The van der Waals surface area contributed by atoms with E-state index in [-0.39, 0.29) is 12.3 Å². The number of aliphatic carboxylic acids is 1. The van der Waals surface area contributed by atoms with Crippen molar-refractivity contribution in [1.29, 1.82) is 0 Å². The Kier molecular flexibility index (Phi) is 9.47. The Morgan fingerprint density at radius 1 is 1.25 bits per heavy atom. The molecule has 3 heterocycles. The van der Waals surface area contributed by atoms with Crippen molar-refractivity contribution in [2.75, 3.05) is 32.5 Å². The molecular weight excluding hydrogens is 479 g/mol. The predicted octanol–water partition coefficient (Wildman–Crippen LogP) is 5.42. The van der Waals surface area contributed by atoms with Crippen molar-refractivity contribution in [1.82, 2.24) is 19.9 Å². The molecule has 192 valence electrons. The van der Waals surface area contributed by atoms with Crippen LogP contribution >= 0.6 is 11.8 Å². The normalized spacial score (nSPS) is 19.3. The van der Waals surface area contributed by atoms with E-state index in [1.165, 1.54) is 6.33 Å². The number of fused-ring (bicyclic) bond motifs is 1. The number of hydrogen-bond donors (Lipinski definition) is 1. The standard InChI is InChI=1S/C27H33FN4O3S/c1-35-21-4-6-26-24(14-21)23(8-10-31-26)25(28)5-2-19-9-11-32(17-20(19)3-7-27(33)34)12-13-36-22-15-29-18-30-16-22/h4,6,8,10,14-16,18-20,25H,2-3,5,7,9,11-13,17H2,1H3,(H,33,34)/t19-,20-,25-/m1/s1. The molecule has 0 bridgehead atoms. The first-order valence-corrected chi connectivity index (χ1v) is 13.4. The van der Waals surface area contributed by atoms with E-state index in [9.17, 15) is 9.90 Å². The molecule has 0 radical (unpaired) electrons. The average Bonchev–Trinajstić information content (AvgIpc) is 2.91. The summed E-state index contributed by atoms with van der Waals surface area (Å²) in [6.45, 7) is 2.73. The number of aromatic nitrogens is 3. The molecule has 0 aliphatic carbocycles. The summed E-state index contributed by atoms with van der Waals surface area (Å²) in [5, 5.41) is 10.0. The molecule has 7 nitrogen and oxygen atoms in total. The first-order valence-electron chi connectivity index (χ1n) is 12.4. The molecule has 0 amide bonds. The number of hydrogen-bond acceptors (Lipinski definition) is 7. The van der Waals surface area contributed by atoms with Gasteiger partial charge in [0.1, 0.15) is 18.2 Å². The number of methoxy groups -OCH3 is 1. The van der Waals surface area contributed by atoms with Gasteiger partial charge in [0, 0.05) is 54.1 Å². The van der Waals surface area contributed by atoms with Gasteiger partial charge in [-0.2, -0.15) is 0 Å². The lowest BCUT2D eigenvalue weighted by atomic mass is 9.79. The molecule has 1 N–H and O–H groups in total. The number of alkyl halides is 1. The minimum atomic E-state index is -1.11.